The second-order valence-corrected chi connectivity index (χ2v) is 6.33. The number of benzene rings is 2. The van der Waals surface area contributed by atoms with E-state index >= 15 is 0 Å². The van der Waals surface area contributed by atoms with Crippen molar-refractivity contribution in [3.05, 3.63) is 72.0 Å². The molecule has 3 aromatic rings. The van der Waals surface area contributed by atoms with Crippen molar-refractivity contribution in [3.63, 3.8) is 0 Å². The molecule has 2 N–H and O–H groups in total. The lowest BCUT2D eigenvalue weighted by Crippen LogP contribution is -2.39. The van der Waals surface area contributed by atoms with E-state index in [0.717, 1.165) is 22.3 Å². The number of hydrogen-bond acceptors (Lipinski definition) is 2. The van der Waals surface area contributed by atoms with Crippen molar-refractivity contribution >= 4 is 28.3 Å². The zero-order chi connectivity index (χ0) is 15.6. The van der Waals surface area contributed by atoms with Crippen LogP contribution in [-0.4, -0.2) is 11.2 Å². The van der Waals surface area contributed by atoms with Gasteiger partial charge in [-0.3, -0.25) is 0 Å². The highest BCUT2D eigenvalue weighted by atomic mass is 32.1. The average Bonchev–Trinajstić information content (AvgIpc) is 3.28. The number of furan rings is 1. The molecule has 4 rings (SSSR count). The molecule has 4 heteroatoms. The highest BCUT2D eigenvalue weighted by Crippen LogP contribution is 2.28. The number of nitrogens with one attached hydrogen (secondary N) is 2. The van der Waals surface area contributed by atoms with Crippen LogP contribution in [0.1, 0.15) is 30.2 Å². The Morgan fingerprint density at radius 2 is 1.78 bits per heavy atom. The highest BCUT2D eigenvalue weighted by molar-refractivity contribution is 7.80. The van der Waals surface area contributed by atoms with Gasteiger partial charge in [0, 0.05) is 11.4 Å². The fraction of sp³-hybridized carbons (Fsp3) is 0.211. The fourth-order valence-electron chi connectivity index (χ4n) is 2.69. The molecule has 2 aromatic carbocycles. The van der Waals surface area contributed by atoms with Gasteiger partial charge in [0.15, 0.2) is 5.11 Å². The maximum Gasteiger partial charge on any atom is 0.167 e. The molecular weight excluding hydrogens is 304 g/mol. The molecule has 0 spiro atoms. The van der Waals surface area contributed by atoms with Gasteiger partial charge in [-0.1, -0.05) is 48.5 Å². The highest BCUT2D eigenvalue weighted by Gasteiger charge is 2.24. The number of thiocarbonyl (C=S) groups is 1. The Hall–Kier alpha value is -2.33. The lowest BCUT2D eigenvalue weighted by atomic mass is 10.0. The maximum atomic E-state index is 6.06. The number of fused-ring (bicyclic) bond motifs is 1. The Balaban J connectivity index is 1.67. The van der Waals surface area contributed by atoms with Crippen molar-refractivity contribution in [2.75, 3.05) is 0 Å². The summed E-state index contributed by atoms with van der Waals surface area (Å²) in [7, 11) is 0. The third-order valence-electron chi connectivity index (χ3n) is 4.05. The third kappa shape index (κ3) is 3.22. The van der Waals surface area contributed by atoms with Crippen molar-refractivity contribution in [2.45, 2.75) is 24.9 Å². The van der Waals surface area contributed by atoms with Gasteiger partial charge in [-0.25, -0.2) is 0 Å². The summed E-state index contributed by atoms with van der Waals surface area (Å²) in [6.45, 7) is 0. The molecular formula is C19H18N2OS. The molecule has 0 saturated heterocycles. The van der Waals surface area contributed by atoms with Gasteiger partial charge in [-0.15, -0.1) is 0 Å². The molecule has 1 unspecified atom stereocenters. The summed E-state index contributed by atoms with van der Waals surface area (Å²) in [4.78, 5) is 0. The first-order valence-corrected chi connectivity index (χ1v) is 8.31. The van der Waals surface area contributed by atoms with Crippen molar-refractivity contribution < 1.29 is 4.42 Å². The molecule has 23 heavy (non-hydrogen) atoms. The molecule has 1 fully saturated rings. The smallest absolute Gasteiger partial charge is 0.167 e. The fourth-order valence-corrected chi connectivity index (χ4v) is 2.98. The van der Waals surface area contributed by atoms with E-state index < -0.39 is 0 Å². The molecule has 0 amide bonds. The van der Waals surface area contributed by atoms with Crippen LogP contribution in [0.25, 0.3) is 11.0 Å². The number of para-hydroxylation sites is 1. The average molecular weight is 322 g/mol. The number of rotatable bonds is 4. The van der Waals surface area contributed by atoms with Crippen LogP contribution >= 0.6 is 12.2 Å². The SMILES string of the molecule is S=C(NC1CC1)NC(c1ccccc1)c1cc2ccccc2o1. The minimum Gasteiger partial charge on any atom is -0.459 e. The molecule has 1 aromatic heterocycles. The first kappa shape index (κ1) is 14.3. The van der Waals surface area contributed by atoms with Crippen LogP contribution in [0.4, 0.5) is 0 Å². The van der Waals surface area contributed by atoms with E-state index in [2.05, 4.69) is 34.9 Å². The van der Waals surface area contributed by atoms with Gasteiger partial charge in [-0.05, 0) is 42.8 Å². The second kappa shape index (κ2) is 6.05. The van der Waals surface area contributed by atoms with Gasteiger partial charge < -0.3 is 15.1 Å². The Morgan fingerprint density at radius 1 is 1.04 bits per heavy atom. The Bertz CT molecular complexity index is 791. The van der Waals surface area contributed by atoms with Gasteiger partial charge in [0.1, 0.15) is 17.4 Å². The van der Waals surface area contributed by atoms with Crippen molar-refractivity contribution in [2.24, 2.45) is 0 Å². The topological polar surface area (TPSA) is 37.2 Å². The van der Waals surface area contributed by atoms with Crippen molar-refractivity contribution in [3.8, 4) is 0 Å². The largest absolute Gasteiger partial charge is 0.459 e. The van der Waals surface area contributed by atoms with E-state index in [4.69, 9.17) is 16.6 Å². The lowest BCUT2D eigenvalue weighted by Gasteiger charge is -2.19. The molecule has 1 aliphatic carbocycles. The van der Waals surface area contributed by atoms with E-state index in [1.807, 2.05) is 36.4 Å². The zero-order valence-electron chi connectivity index (χ0n) is 12.7. The third-order valence-corrected chi connectivity index (χ3v) is 4.29. The molecule has 1 aliphatic rings. The van der Waals surface area contributed by atoms with Gasteiger partial charge in [0.25, 0.3) is 0 Å². The van der Waals surface area contributed by atoms with Gasteiger partial charge in [-0.2, -0.15) is 0 Å². The lowest BCUT2D eigenvalue weighted by molar-refractivity contribution is 0.505. The molecule has 1 saturated carbocycles. The summed E-state index contributed by atoms with van der Waals surface area (Å²) < 4.78 is 6.06. The van der Waals surface area contributed by atoms with E-state index in [1.165, 1.54) is 12.8 Å². The molecule has 3 nitrogen and oxygen atoms in total. The summed E-state index contributed by atoms with van der Waals surface area (Å²) in [5.41, 5.74) is 2.03. The summed E-state index contributed by atoms with van der Waals surface area (Å²) in [5.74, 6) is 0.873. The Kier molecular flexibility index (Phi) is 3.75. The van der Waals surface area contributed by atoms with Crippen LogP contribution in [0, 0.1) is 0 Å². The molecule has 1 atom stereocenters. The molecule has 116 valence electrons. The van der Waals surface area contributed by atoms with E-state index in [9.17, 15) is 0 Å². The molecule has 0 radical (unpaired) electrons. The minimum atomic E-state index is -0.0950. The molecule has 1 heterocycles. The van der Waals surface area contributed by atoms with E-state index in [0.29, 0.717) is 11.2 Å². The van der Waals surface area contributed by atoms with Crippen molar-refractivity contribution in [1.82, 2.24) is 10.6 Å². The number of hydrogen-bond donors (Lipinski definition) is 2. The van der Waals surface area contributed by atoms with Crippen LogP contribution in [-0.2, 0) is 0 Å². The van der Waals surface area contributed by atoms with Crippen LogP contribution < -0.4 is 10.6 Å². The van der Waals surface area contributed by atoms with Crippen LogP contribution in [0.5, 0.6) is 0 Å². The maximum absolute atomic E-state index is 6.06. The van der Waals surface area contributed by atoms with Gasteiger partial charge in [0.2, 0.25) is 0 Å². The quantitative estimate of drug-likeness (QED) is 0.708. The molecule has 0 bridgehead atoms. The minimum absolute atomic E-state index is 0.0950. The summed E-state index contributed by atoms with van der Waals surface area (Å²) >= 11 is 5.46. The predicted octanol–water partition coefficient (Wildman–Crippen LogP) is 4.15. The van der Waals surface area contributed by atoms with E-state index in [1.54, 1.807) is 0 Å². The first-order chi connectivity index (χ1) is 11.3. The van der Waals surface area contributed by atoms with Crippen LogP contribution in [0.3, 0.4) is 0 Å². The molecule has 0 aliphatic heterocycles. The second-order valence-electron chi connectivity index (χ2n) is 5.92. The summed E-state index contributed by atoms with van der Waals surface area (Å²) in [5, 5.41) is 8.53. The van der Waals surface area contributed by atoms with Crippen molar-refractivity contribution in [1.29, 1.82) is 0 Å². The van der Waals surface area contributed by atoms with E-state index in [-0.39, 0.29) is 6.04 Å². The Labute approximate surface area is 140 Å². The zero-order valence-corrected chi connectivity index (χ0v) is 13.5. The van der Waals surface area contributed by atoms with Crippen LogP contribution in [0.2, 0.25) is 0 Å². The summed E-state index contributed by atoms with van der Waals surface area (Å²) in [6.07, 6.45) is 2.39. The van der Waals surface area contributed by atoms with Gasteiger partial charge >= 0.3 is 0 Å². The Morgan fingerprint density at radius 3 is 2.52 bits per heavy atom. The van der Waals surface area contributed by atoms with Crippen LogP contribution in [0.15, 0.2) is 65.1 Å². The predicted molar refractivity (Wildman–Crippen MR) is 96.4 cm³/mol. The first-order valence-electron chi connectivity index (χ1n) is 7.90. The van der Waals surface area contributed by atoms with Gasteiger partial charge in [0.05, 0.1) is 0 Å². The summed E-state index contributed by atoms with van der Waals surface area (Å²) in [6, 6.07) is 20.8. The monoisotopic (exact) mass is 322 g/mol. The standard InChI is InChI=1S/C19H18N2OS/c23-19(20-15-10-11-15)21-18(13-6-2-1-3-7-13)17-12-14-8-4-5-9-16(14)22-17/h1-9,12,15,18H,10-11H2,(H2,20,21,23). The normalized spacial score (nSPS) is 15.3.